The number of amides is 1. The smallest absolute Gasteiger partial charge is 0.230 e. The zero-order chi connectivity index (χ0) is 18.5. The molecule has 1 amide bonds. The highest BCUT2D eigenvalue weighted by Crippen LogP contribution is 2.19. The van der Waals surface area contributed by atoms with Crippen LogP contribution in [-0.2, 0) is 11.3 Å². The first-order valence-electron chi connectivity index (χ1n) is 8.14. The molecular weight excluding hydrogens is 351 g/mol. The van der Waals surface area contributed by atoms with Crippen molar-refractivity contribution in [3.63, 3.8) is 0 Å². The number of nitrogens with one attached hydrogen (secondary N) is 1. The third-order valence-electron chi connectivity index (χ3n) is 3.87. The average Bonchev–Trinajstić information content (AvgIpc) is 3.10. The molecule has 0 aliphatic heterocycles. The maximum atomic E-state index is 13.3. The second-order valence-corrected chi connectivity index (χ2v) is 6.91. The number of rotatable bonds is 6. The predicted octanol–water partition coefficient (Wildman–Crippen LogP) is 3.43. The lowest BCUT2D eigenvalue weighted by Crippen LogP contribution is -2.24. The van der Waals surface area contributed by atoms with E-state index in [1.165, 1.54) is 23.4 Å². The second-order valence-electron chi connectivity index (χ2n) is 5.97. The van der Waals surface area contributed by atoms with Crippen molar-refractivity contribution in [3.8, 4) is 5.69 Å². The Morgan fingerprint density at radius 3 is 2.69 bits per heavy atom. The van der Waals surface area contributed by atoms with Gasteiger partial charge in [-0.15, -0.1) is 10.2 Å². The summed E-state index contributed by atoms with van der Waals surface area (Å²) in [7, 11) is 0. The molecule has 0 saturated heterocycles. The van der Waals surface area contributed by atoms with E-state index in [1.54, 1.807) is 25.4 Å². The van der Waals surface area contributed by atoms with Gasteiger partial charge in [-0.1, -0.05) is 41.6 Å². The molecule has 0 radical (unpaired) electrons. The Labute approximate surface area is 155 Å². The number of thioether (sulfide) groups is 1. The van der Waals surface area contributed by atoms with Gasteiger partial charge in [-0.25, -0.2) is 4.39 Å². The van der Waals surface area contributed by atoms with Crippen molar-refractivity contribution in [2.45, 2.75) is 25.5 Å². The van der Waals surface area contributed by atoms with Crippen LogP contribution in [0.5, 0.6) is 0 Å². The Hall–Kier alpha value is -2.67. The molecule has 1 N–H and O–H groups in total. The van der Waals surface area contributed by atoms with Gasteiger partial charge in [0.05, 0.1) is 5.75 Å². The van der Waals surface area contributed by atoms with E-state index in [1.807, 2.05) is 35.8 Å². The van der Waals surface area contributed by atoms with Crippen LogP contribution in [0, 0.1) is 19.7 Å². The summed E-state index contributed by atoms with van der Waals surface area (Å²) in [6.07, 6.45) is 1.63. The Morgan fingerprint density at radius 2 is 1.96 bits per heavy atom. The number of aryl methyl sites for hydroxylation is 2. The Bertz CT molecular complexity index is 908. The maximum Gasteiger partial charge on any atom is 0.230 e. The zero-order valence-electron chi connectivity index (χ0n) is 14.6. The third-order valence-corrected chi connectivity index (χ3v) is 4.82. The normalized spacial score (nSPS) is 10.7. The minimum Gasteiger partial charge on any atom is -0.351 e. The summed E-state index contributed by atoms with van der Waals surface area (Å²) in [6, 6.07) is 12.8. The Morgan fingerprint density at radius 1 is 1.19 bits per heavy atom. The standard InChI is InChI=1S/C19H19FN4OS/c1-13-3-6-16(7-4-13)24-12-22-23-19(24)26-11-18(25)21-10-15-5-8-17(20)14(2)9-15/h3-9,12H,10-11H2,1-2H3,(H,21,25). The van der Waals surface area contributed by atoms with Crippen LogP contribution >= 0.6 is 11.8 Å². The molecule has 2 aromatic carbocycles. The first-order chi connectivity index (χ1) is 12.5. The van der Waals surface area contributed by atoms with Crippen LogP contribution in [0.4, 0.5) is 4.39 Å². The van der Waals surface area contributed by atoms with Crippen molar-refractivity contribution < 1.29 is 9.18 Å². The third kappa shape index (κ3) is 4.49. The maximum absolute atomic E-state index is 13.3. The van der Waals surface area contributed by atoms with Crippen molar-refractivity contribution in [2.24, 2.45) is 0 Å². The lowest BCUT2D eigenvalue weighted by molar-refractivity contribution is -0.118. The van der Waals surface area contributed by atoms with E-state index in [4.69, 9.17) is 0 Å². The van der Waals surface area contributed by atoms with Gasteiger partial charge in [-0.3, -0.25) is 9.36 Å². The molecule has 7 heteroatoms. The summed E-state index contributed by atoms with van der Waals surface area (Å²) in [5.74, 6) is -0.133. The van der Waals surface area contributed by atoms with Gasteiger partial charge in [0.2, 0.25) is 5.91 Å². The van der Waals surface area contributed by atoms with Crippen LogP contribution in [0.25, 0.3) is 5.69 Å². The van der Waals surface area contributed by atoms with Gasteiger partial charge in [0, 0.05) is 12.2 Å². The number of aromatic nitrogens is 3. The molecular formula is C19H19FN4OS. The average molecular weight is 370 g/mol. The van der Waals surface area contributed by atoms with Gasteiger partial charge in [0.15, 0.2) is 5.16 Å². The van der Waals surface area contributed by atoms with Gasteiger partial charge in [0.1, 0.15) is 12.1 Å². The van der Waals surface area contributed by atoms with Gasteiger partial charge in [-0.2, -0.15) is 0 Å². The molecule has 0 aliphatic carbocycles. The first-order valence-corrected chi connectivity index (χ1v) is 9.13. The minimum atomic E-state index is -0.244. The molecule has 0 fully saturated rings. The zero-order valence-corrected chi connectivity index (χ0v) is 15.4. The summed E-state index contributed by atoms with van der Waals surface area (Å²) in [6.45, 7) is 4.10. The van der Waals surface area contributed by atoms with Crippen molar-refractivity contribution in [1.82, 2.24) is 20.1 Å². The highest BCUT2D eigenvalue weighted by Gasteiger charge is 2.10. The molecule has 3 rings (SSSR count). The Balaban J connectivity index is 1.56. The van der Waals surface area contributed by atoms with E-state index in [2.05, 4.69) is 15.5 Å². The number of nitrogens with zero attached hydrogens (tertiary/aromatic N) is 3. The van der Waals surface area contributed by atoms with Gasteiger partial charge in [-0.05, 0) is 43.2 Å². The summed E-state index contributed by atoms with van der Waals surface area (Å²) < 4.78 is 15.1. The molecule has 1 heterocycles. The summed E-state index contributed by atoms with van der Waals surface area (Å²) in [5.41, 5.74) is 3.55. The molecule has 26 heavy (non-hydrogen) atoms. The molecule has 0 aliphatic rings. The van der Waals surface area contributed by atoms with Crippen molar-refractivity contribution in [3.05, 3.63) is 71.3 Å². The van der Waals surface area contributed by atoms with E-state index in [0.717, 1.165) is 11.3 Å². The largest absolute Gasteiger partial charge is 0.351 e. The fraction of sp³-hybridized carbons (Fsp3) is 0.211. The van der Waals surface area contributed by atoms with Crippen molar-refractivity contribution >= 4 is 17.7 Å². The number of carbonyl (C=O) groups excluding carboxylic acids is 1. The number of carbonyl (C=O) groups is 1. The quantitative estimate of drug-likeness (QED) is 0.676. The van der Waals surface area contributed by atoms with E-state index in [-0.39, 0.29) is 17.5 Å². The first kappa shape index (κ1) is 18.1. The number of hydrogen-bond acceptors (Lipinski definition) is 4. The predicted molar refractivity (Wildman–Crippen MR) is 99.8 cm³/mol. The van der Waals surface area contributed by atoms with Crippen LogP contribution < -0.4 is 5.32 Å². The van der Waals surface area contributed by atoms with E-state index in [0.29, 0.717) is 17.3 Å². The molecule has 1 aromatic heterocycles. The topological polar surface area (TPSA) is 59.8 Å². The van der Waals surface area contributed by atoms with E-state index >= 15 is 0 Å². The monoisotopic (exact) mass is 370 g/mol. The van der Waals surface area contributed by atoms with Gasteiger partial charge in [0.25, 0.3) is 0 Å². The molecule has 3 aromatic rings. The lowest BCUT2D eigenvalue weighted by atomic mass is 10.1. The molecule has 0 unspecified atom stereocenters. The molecule has 0 saturated carbocycles. The fourth-order valence-electron chi connectivity index (χ4n) is 2.40. The highest BCUT2D eigenvalue weighted by molar-refractivity contribution is 7.99. The Kier molecular flexibility index (Phi) is 5.68. The van der Waals surface area contributed by atoms with Crippen molar-refractivity contribution in [2.75, 3.05) is 5.75 Å². The second kappa shape index (κ2) is 8.14. The lowest BCUT2D eigenvalue weighted by Gasteiger charge is -2.08. The van der Waals surface area contributed by atoms with Gasteiger partial charge < -0.3 is 5.32 Å². The van der Waals surface area contributed by atoms with Crippen LogP contribution in [0.3, 0.4) is 0 Å². The fourth-order valence-corrected chi connectivity index (χ4v) is 3.16. The van der Waals surface area contributed by atoms with Crippen LogP contribution in [0.15, 0.2) is 53.9 Å². The highest BCUT2D eigenvalue weighted by atomic mass is 32.2. The van der Waals surface area contributed by atoms with Crippen molar-refractivity contribution in [1.29, 1.82) is 0 Å². The minimum absolute atomic E-state index is 0.115. The molecule has 0 spiro atoms. The van der Waals surface area contributed by atoms with Gasteiger partial charge >= 0.3 is 0 Å². The SMILES string of the molecule is Cc1ccc(-n2cnnc2SCC(=O)NCc2ccc(F)c(C)c2)cc1. The number of hydrogen-bond donors (Lipinski definition) is 1. The molecule has 134 valence electrons. The number of halogens is 1. The summed E-state index contributed by atoms with van der Waals surface area (Å²) in [4.78, 5) is 12.1. The molecule has 0 bridgehead atoms. The summed E-state index contributed by atoms with van der Waals surface area (Å²) in [5, 5.41) is 11.5. The number of benzene rings is 2. The molecule has 5 nitrogen and oxygen atoms in total. The summed E-state index contributed by atoms with van der Waals surface area (Å²) >= 11 is 1.32. The van der Waals surface area contributed by atoms with E-state index < -0.39 is 0 Å². The van der Waals surface area contributed by atoms with E-state index in [9.17, 15) is 9.18 Å². The van der Waals surface area contributed by atoms with Crippen LogP contribution in [0.2, 0.25) is 0 Å². The van der Waals surface area contributed by atoms with Crippen LogP contribution in [0.1, 0.15) is 16.7 Å². The van der Waals surface area contributed by atoms with Crippen LogP contribution in [-0.4, -0.2) is 26.4 Å². The molecule has 0 atom stereocenters.